The van der Waals surface area contributed by atoms with Crippen LogP contribution in [0.25, 0.3) is 0 Å². The molecule has 0 aliphatic heterocycles. The molecule has 9 heteroatoms. The van der Waals surface area contributed by atoms with Gasteiger partial charge in [0.1, 0.15) is 5.75 Å². The summed E-state index contributed by atoms with van der Waals surface area (Å²) in [4.78, 5) is 12.5. The highest BCUT2D eigenvalue weighted by Crippen LogP contribution is 2.26. The zero-order valence-electron chi connectivity index (χ0n) is 13.8. The van der Waals surface area contributed by atoms with Crippen molar-refractivity contribution in [2.24, 2.45) is 0 Å². The molecule has 0 aliphatic rings. The maximum Gasteiger partial charge on any atom is 0.315 e. The molecule has 0 atom stereocenters. The SMILES string of the molecule is COc1ccccc1Nc1nnc(SCc2ccccc2Cl)n(N)c1=O. The number of nitrogens with two attached hydrogens (primary N) is 1. The van der Waals surface area contributed by atoms with Crippen molar-refractivity contribution in [3.05, 3.63) is 69.5 Å². The molecule has 7 nitrogen and oxygen atoms in total. The largest absolute Gasteiger partial charge is 0.495 e. The van der Waals surface area contributed by atoms with E-state index in [0.717, 1.165) is 10.2 Å². The van der Waals surface area contributed by atoms with Gasteiger partial charge in [-0.25, -0.2) is 0 Å². The Morgan fingerprint density at radius 2 is 1.92 bits per heavy atom. The highest BCUT2D eigenvalue weighted by molar-refractivity contribution is 7.98. The fraction of sp³-hybridized carbons (Fsp3) is 0.118. The monoisotopic (exact) mass is 389 g/mol. The first kappa shape index (κ1) is 18.1. The molecule has 0 bridgehead atoms. The van der Waals surface area contributed by atoms with Crippen molar-refractivity contribution in [3.63, 3.8) is 0 Å². The number of hydrogen-bond donors (Lipinski definition) is 2. The Labute approximate surface area is 159 Å². The van der Waals surface area contributed by atoms with Crippen LogP contribution >= 0.6 is 23.4 Å². The van der Waals surface area contributed by atoms with Crippen LogP contribution in [-0.4, -0.2) is 22.0 Å². The lowest BCUT2D eigenvalue weighted by Crippen LogP contribution is -2.32. The molecule has 134 valence electrons. The molecular formula is C17H16ClN5O2S. The van der Waals surface area contributed by atoms with Gasteiger partial charge in [0, 0.05) is 10.8 Å². The van der Waals surface area contributed by atoms with Crippen LogP contribution in [0.4, 0.5) is 11.5 Å². The van der Waals surface area contributed by atoms with Crippen molar-refractivity contribution in [3.8, 4) is 5.75 Å². The minimum absolute atomic E-state index is 0.0130. The van der Waals surface area contributed by atoms with Crippen molar-refractivity contribution in [1.29, 1.82) is 0 Å². The molecule has 0 saturated carbocycles. The zero-order chi connectivity index (χ0) is 18.5. The minimum Gasteiger partial charge on any atom is -0.495 e. The van der Waals surface area contributed by atoms with Gasteiger partial charge in [0.05, 0.1) is 12.8 Å². The molecule has 3 rings (SSSR count). The fourth-order valence-corrected chi connectivity index (χ4v) is 3.33. The second-order valence-electron chi connectivity index (χ2n) is 5.21. The van der Waals surface area contributed by atoms with Gasteiger partial charge in [0.25, 0.3) is 0 Å². The predicted molar refractivity (Wildman–Crippen MR) is 104 cm³/mol. The number of hydrogen-bond acceptors (Lipinski definition) is 7. The lowest BCUT2D eigenvalue weighted by Gasteiger charge is -2.11. The quantitative estimate of drug-likeness (QED) is 0.494. The Kier molecular flexibility index (Phi) is 5.65. The molecule has 3 aromatic rings. The second-order valence-corrected chi connectivity index (χ2v) is 6.56. The number of ether oxygens (including phenoxy) is 1. The summed E-state index contributed by atoms with van der Waals surface area (Å²) in [6, 6.07) is 14.6. The van der Waals surface area contributed by atoms with Crippen molar-refractivity contribution in [2.45, 2.75) is 10.9 Å². The number of methoxy groups -OCH3 is 1. The number of aromatic nitrogens is 3. The maximum atomic E-state index is 12.5. The van der Waals surface area contributed by atoms with Gasteiger partial charge in [-0.15, -0.1) is 10.2 Å². The van der Waals surface area contributed by atoms with E-state index in [9.17, 15) is 4.79 Å². The van der Waals surface area contributed by atoms with Crippen LogP contribution in [0.2, 0.25) is 5.02 Å². The predicted octanol–water partition coefficient (Wildman–Crippen LogP) is 3.05. The first-order valence-electron chi connectivity index (χ1n) is 7.61. The van der Waals surface area contributed by atoms with E-state index in [1.54, 1.807) is 25.3 Å². The normalized spacial score (nSPS) is 10.5. The molecule has 0 spiro atoms. The van der Waals surface area contributed by atoms with Crippen LogP contribution in [0.15, 0.2) is 58.5 Å². The van der Waals surface area contributed by atoms with E-state index in [-0.39, 0.29) is 5.82 Å². The molecule has 26 heavy (non-hydrogen) atoms. The van der Waals surface area contributed by atoms with E-state index >= 15 is 0 Å². The number of thioether (sulfide) groups is 1. The maximum absolute atomic E-state index is 12.5. The summed E-state index contributed by atoms with van der Waals surface area (Å²) in [5, 5.41) is 11.8. The molecule has 0 unspecified atom stereocenters. The van der Waals surface area contributed by atoms with Crippen molar-refractivity contribution < 1.29 is 4.74 Å². The number of benzene rings is 2. The fourth-order valence-electron chi connectivity index (χ4n) is 2.19. The summed E-state index contributed by atoms with van der Waals surface area (Å²) in [7, 11) is 1.54. The summed E-state index contributed by atoms with van der Waals surface area (Å²) in [5.41, 5.74) is 1.02. The summed E-state index contributed by atoms with van der Waals surface area (Å²) in [5.74, 6) is 7.00. The molecular weight excluding hydrogens is 374 g/mol. The molecule has 0 fully saturated rings. The second kappa shape index (κ2) is 8.11. The van der Waals surface area contributed by atoms with Crippen molar-refractivity contribution >= 4 is 34.9 Å². The van der Waals surface area contributed by atoms with E-state index < -0.39 is 5.56 Å². The smallest absolute Gasteiger partial charge is 0.315 e. The Morgan fingerprint density at radius 1 is 1.19 bits per heavy atom. The van der Waals surface area contributed by atoms with Gasteiger partial charge in [-0.1, -0.05) is 53.7 Å². The summed E-state index contributed by atoms with van der Waals surface area (Å²) >= 11 is 7.41. The third-order valence-electron chi connectivity index (χ3n) is 3.54. The summed E-state index contributed by atoms with van der Waals surface area (Å²) in [6.07, 6.45) is 0. The lowest BCUT2D eigenvalue weighted by atomic mass is 10.2. The number of anilines is 2. The molecule has 1 heterocycles. The van der Waals surface area contributed by atoms with Gasteiger partial charge in [-0.05, 0) is 23.8 Å². The molecule has 0 saturated heterocycles. The molecule has 0 radical (unpaired) electrons. The summed E-state index contributed by atoms with van der Waals surface area (Å²) in [6.45, 7) is 0. The Bertz CT molecular complexity index is 979. The highest BCUT2D eigenvalue weighted by atomic mass is 35.5. The van der Waals surface area contributed by atoms with Gasteiger partial charge in [-0.2, -0.15) is 4.68 Å². The van der Waals surface area contributed by atoms with Crippen LogP contribution < -0.4 is 21.5 Å². The van der Waals surface area contributed by atoms with E-state index in [4.69, 9.17) is 22.2 Å². The van der Waals surface area contributed by atoms with Crippen LogP contribution in [0.3, 0.4) is 0 Å². The first-order chi connectivity index (χ1) is 12.6. The number of halogens is 1. The van der Waals surface area contributed by atoms with Gasteiger partial charge in [-0.3, -0.25) is 4.79 Å². The van der Waals surface area contributed by atoms with Crippen molar-refractivity contribution in [1.82, 2.24) is 14.9 Å². The van der Waals surface area contributed by atoms with Crippen LogP contribution in [0.1, 0.15) is 5.56 Å². The summed E-state index contributed by atoms with van der Waals surface area (Å²) < 4.78 is 6.21. The first-order valence-corrected chi connectivity index (χ1v) is 8.97. The third kappa shape index (κ3) is 3.92. The molecule has 0 aliphatic carbocycles. The van der Waals surface area contributed by atoms with Gasteiger partial charge >= 0.3 is 5.56 Å². The Morgan fingerprint density at radius 3 is 2.69 bits per heavy atom. The topological polar surface area (TPSA) is 95.1 Å². The lowest BCUT2D eigenvalue weighted by molar-refractivity contribution is 0.417. The molecule has 2 aromatic carbocycles. The number of nitrogens with one attached hydrogen (secondary N) is 1. The number of nitrogens with zero attached hydrogens (tertiary/aromatic N) is 3. The molecule has 1 aromatic heterocycles. The van der Waals surface area contributed by atoms with Gasteiger partial charge < -0.3 is 15.9 Å². The average Bonchev–Trinajstić information content (AvgIpc) is 2.66. The third-order valence-corrected chi connectivity index (χ3v) is 4.90. The minimum atomic E-state index is -0.493. The zero-order valence-corrected chi connectivity index (χ0v) is 15.4. The van der Waals surface area contributed by atoms with Crippen LogP contribution in [-0.2, 0) is 5.75 Å². The van der Waals surface area contributed by atoms with Gasteiger partial charge in [0.2, 0.25) is 11.0 Å². The Hall–Kier alpha value is -2.71. The number of rotatable bonds is 6. The van der Waals surface area contributed by atoms with E-state index in [0.29, 0.717) is 27.4 Å². The number of para-hydroxylation sites is 2. The highest BCUT2D eigenvalue weighted by Gasteiger charge is 2.13. The van der Waals surface area contributed by atoms with Crippen molar-refractivity contribution in [2.75, 3.05) is 18.3 Å². The standard InChI is InChI=1S/C17H16ClN5O2S/c1-25-14-9-5-4-8-13(14)20-15-16(24)23(19)17(22-21-15)26-10-11-6-2-3-7-12(11)18/h2-9H,10,19H2,1H3,(H,20,21). The van der Waals surface area contributed by atoms with E-state index in [1.807, 2.05) is 30.3 Å². The van der Waals surface area contributed by atoms with E-state index in [1.165, 1.54) is 11.8 Å². The molecule has 3 N–H and O–H groups in total. The number of nitrogen functional groups attached to an aromatic ring is 1. The van der Waals surface area contributed by atoms with Crippen LogP contribution in [0.5, 0.6) is 5.75 Å². The van der Waals surface area contributed by atoms with Gasteiger partial charge in [0.15, 0.2) is 0 Å². The van der Waals surface area contributed by atoms with Crippen LogP contribution in [0, 0.1) is 0 Å². The average molecular weight is 390 g/mol. The van der Waals surface area contributed by atoms with E-state index in [2.05, 4.69) is 15.5 Å². The molecule has 0 amide bonds. The Balaban J connectivity index is 1.80.